The summed E-state index contributed by atoms with van der Waals surface area (Å²) in [5, 5.41) is 2.71. The summed E-state index contributed by atoms with van der Waals surface area (Å²) in [6.07, 6.45) is 4.69. The Morgan fingerprint density at radius 3 is 2.58 bits per heavy atom. The second-order valence-corrected chi connectivity index (χ2v) is 6.16. The first-order chi connectivity index (χ1) is 11.2. The van der Waals surface area contributed by atoms with E-state index in [1.807, 2.05) is 27.7 Å². The zero-order valence-electron chi connectivity index (χ0n) is 14.8. The van der Waals surface area contributed by atoms with Crippen LogP contribution in [0.25, 0.3) is 0 Å². The number of ether oxygens (including phenoxy) is 4. The minimum absolute atomic E-state index is 0.160. The first kappa shape index (κ1) is 19.5. The highest BCUT2D eigenvalue weighted by atomic mass is 16.6. The fraction of sp³-hybridized carbons (Fsp3) is 0.500. The lowest BCUT2D eigenvalue weighted by atomic mass is 10.2. The van der Waals surface area contributed by atoms with Gasteiger partial charge in [0, 0.05) is 6.07 Å². The molecule has 1 aromatic rings. The molecule has 1 rings (SSSR count). The summed E-state index contributed by atoms with van der Waals surface area (Å²) in [6, 6.07) is 4.95. The van der Waals surface area contributed by atoms with Crippen molar-refractivity contribution < 1.29 is 23.7 Å². The highest BCUT2D eigenvalue weighted by Crippen LogP contribution is 2.31. The molecule has 0 heterocycles. The maximum atomic E-state index is 11.7. The highest BCUT2D eigenvalue weighted by molar-refractivity contribution is 5.68. The van der Waals surface area contributed by atoms with E-state index in [0.29, 0.717) is 17.2 Å². The zero-order valence-corrected chi connectivity index (χ0v) is 14.8. The fourth-order valence-corrected chi connectivity index (χ4v) is 1.75. The average Bonchev–Trinajstić information content (AvgIpc) is 2.49. The maximum Gasteiger partial charge on any atom is 0.407 e. The van der Waals surface area contributed by atoms with Crippen molar-refractivity contribution in [3.63, 3.8) is 0 Å². The lowest BCUT2D eigenvalue weighted by Crippen LogP contribution is -2.40. The minimum atomic E-state index is -0.535. The lowest BCUT2D eigenvalue weighted by molar-refractivity contribution is 0.0494. The summed E-state index contributed by atoms with van der Waals surface area (Å²) < 4.78 is 21.5. The molecule has 6 nitrogen and oxygen atoms in total. The second kappa shape index (κ2) is 8.92. The van der Waals surface area contributed by atoms with E-state index in [-0.39, 0.29) is 19.3 Å². The summed E-state index contributed by atoms with van der Waals surface area (Å²) >= 11 is 0. The van der Waals surface area contributed by atoms with Gasteiger partial charge in [0.15, 0.2) is 11.5 Å². The van der Waals surface area contributed by atoms with Crippen LogP contribution in [0.15, 0.2) is 18.2 Å². The number of carbonyl (C=O) groups is 1. The molecule has 0 saturated heterocycles. The maximum absolute atomic E-state index is 11.7. The van der Waals surface area contributed by atoms with Crippen molar-refractivity contribution in [3.05, 3.63) is 18.2 Å². The van der Waals surface area contributed by atoms with Gasteiger partial charge in [-0.25, -0.2) is 4.79 Å². The molecule has 24 heavy (non-hydrogen) atoms. The van der Waals surface area contributed by atoms with Gasteiger partial charge < -0.3 is 24.3 Å². The molecule has 0 aliphatic carbocycles. The summed E-state index contributed by atoms with van der Waals surface area (Å²) in [5.74, 6) is 4.06. The SMILES string of the molecule is C#CCOc1ccc(OC[C@H](C)NC(=O)OC(C)(C)C)cc1OC. The van der Waals surface area contributed by atoms with Gasteiger partial charge in [0.05, 0.1) is 13.2 Å². The van der Waals surface area contributed by atoms with E-state index >= 15 is 0 Å². The molecule has 0 aliphatic heterocycles. The summed E-state index contributed by atoms with van der Waals surface area (Å²) in [5.41, 5.74) is -0.535. The molecule has 0 fully saturated rings. The number of carbonyl (C=O) groups excluding carboxylic acids is 1. The van der Waals surface area contributed by atoms with E-state index in [0.717, 1.165) is 0 Å². The quantitative estimate of drug-likeness (QED) is 0.776. The normalized spacial score (nSPS) is 11.8. The van der Waals surface area contributed by atoms with Crippen molar-refractivity contribution in [1.82, 2.24) is 5.32 Å². The first-order valence-electron chi connectivity index (χ1n) is 7.61. The Morgan fingerprint density at radius 1 is 1.29 bits per heavy atom. The van der Waals surface area contributed by atoms with Gasteiger partial charge in [0.1, 0.15) is 24.6 Å². The van der Waals surface area contributed by atoms with E-state index in [1.165, 1.54) is 7.11 Å². The Morgan fingerprint density at radius 2 is 2.00 bits per heavy atom. The van der Waals surface area contributed by atoms with Crippen molar-refractivity contribution in [3.8, 4) is 29.6 Å². The number of hydrogen-bond acceptors (Lipinski definition) is 5. The van der Waals surface area contributed by atoms with Gasteiger partial charge in [-0.15, -0.1) is 6.42 Å². The first-order valence-corrected chi connectivity index (χ1v) is 7.61. The van der Waals surface area contributed by atoms with Crippen LogP contribution in [0.5, 0.6) is 17.2 Å². The van der Waals surface area contributed by atoms with Gasteiger partial charge >= 0.3 is 6.09 Å². The third kappa shape index (κ3) is 7.14. The Hall–Kier alpha value is -2.55. The Bertz CT molecular complexity index is 586. The van der Waals surface area contributed by atoms with Crippen LogP contribution in [0.3, 0.4) is 0 Å². The van der Waals surface area contributed by atoms with Gasteiger partial charge in [-0.2, -0.15) is 0 Å². The number of terminal acetylenes is 1. The van der Waals surface area contributed by atoms with Crippen molar-refractivity contribution in [1.29, 1.82) is 0 Å². The molecule has 132 valence electrons. The molecule has 0 aromatic heterocycles. The van der Waals surface area contributed by atoms with E-state index in [2.05, 4.69) is 11.2 Å². The highest BCUT2D eigenvalue weighted by Gasteiger charge is 2.18. The smallest absolute Gasteiger partial charge is 0.407 e. The van der Waals surface area contributed by atoms with E-state index in [4.69, 9.17) is 25.4 Å². The third-order valence-electron chi connectivity index (χ3n) is 2.71. The number of rotatable bonds is 7. The summed E-state index contributed by atoms with van der Waals surface area (Å²) in [7, 11) is 1.54. The van der Waals surface area contributed by atoms with Gasteiger partial charge in [-0.3, -0.25) is 0 Å². The zero-order chi connectivity index (χ0) is 18.2. The predicted octanol–water partition coefficient (Wildman–Crippen LogP) is 3.00. The Labute approximate surface area is 143 Å². The minimum Gasteiger partial charge on any atom is -0.493 e. The van der Waals surface area contributed by atoms with Crippen LogP contribution in [0.1, 0.15) is 27.7 Å². The molecule has 1 atom stereocenters. The van der Waals surface area contributed by atoms with E-state index in [1.54, 1.807) is 18.2 Å². The molecule has 0 spiro atoms. The van der Waals surface area contributed by atoms with Crippen LogP contribution in [-0.2, 0) is 4.74 Å². The second-order valence-electron chi connectivity index (χ2n) is 6.16. The molecule has 1 amide bonds. The monoisotopic (exact) mass is 335 g/mol. The Kier molecular flexibility index (Phi) is 7.25. The van der Waals surface area contributed by atoms with Crippen molar-refractivity contribution in [2.24, 2.45) is 0 Å². The largest absolute Gasteiger partial charge is 0.493 e. The van der Waals surface area contributed by atoms with Crippen molar-refractivity contribution in [2.75, 3.05) is 20.3 Å². The van der Waals surface area contributed by atoms with Crippen LogP contribution in [0.4, 0.5) is 4.79 Å². The van der Waals surface area contributed by atoms with Crippen molar-refractivity contribution >= 4 is 6.09 Å². The molecular formula is C18H25NO5. The molecule has 0 bridgehead atoms. The molecule has 0 saturated carbocycles. The van der Waals surface area contributed by atoms with Crippen molar-refractivity contribution in [2.45, 2.75) is 39.3 Å². The molecule has 6 heteroatoms. The number of amides is 1. The number of hydrogen-bond donors (Lipinski definition) is 1. The molecule has 0 radical (unpaired) electrons. The fourth-order valence-electron chi connectivity index (χ4n) is 1.75. The van der Waals surface area contributed by atoms with E-state index in [9.17, 15) is 4.79 Å². The van der Waals surface area contributed by atoms with Crippen LogP contribution < -0.4 is 19.5 Å². The molecule has 0 aliphatic rings. The van der Waals surface area contributed by atoms with Gasteiger partial charge in [-0.05, 0) is 39.8 Å². The predicted molar refractivity (Wildman–Crippen MR) is 91.6 cm³/mol. The Balaban J connectivity index is 2.55. The van der Waals surface area contributed by atoms with Crippen LogP contribution >= 0.6 is 0 Å². The molecule has 1 N–H and O–H groups in total. The van der Waals surface area contributed by atoms with Crippen LogP contribution in [0.2, 0.25) is 0 Å². The van der Waals surface area contributed by atoms with Gasteiger partial charge in [-0.1, -0.05) is 5.92 Å². The summed E-state index contributed by atoms with van der Waals surface area (Å²) in [4.78, 5) is 11.7. The number of benzene rings is 1. The van der Waals surface area contributed by atoms with Crippen LogP contribution in [0, 0.1) is 12.3 Å². The van der Waals surface area contributed by atoms with Gasteiger partial charge in [0.25, 0.3) is 0 Å². The number of methoxy groups -OCH3 is 1. The standard InChI is InChI=1S/C18H25NO5/c1-7-10-22-15-9-8-14(11-16(15)21-6)23-12-13(2)19-17(20)24-18(3,4)5/h1,8-9,11,13H,10,12H2,2-6H3,(H,19,20)/t13-/m0/s1. The number of nitrogens with one attached hydrogen (secondary N) is 1. The topological polar surface area (TPSA) is 66.0 Å². The van der Waals surface area contributed by atoms with Crippen LogP contribution in [-0.4, -0.2) is 38.1 Å². The summed E-state index contributed by atoms with van der Waals surface area (Å²) in [6.45, 7) is 7.70. The van der Waals surface area contributed by atoms with Gasteiger partial charge in [0.2, 0.25) is 0 Å². The average molecular weight is 335 g/mol. The molecular weight excluding hydrogens is 310 g/mol. The molecule has 0 unspecified atom stereocenters. The lowest BCUT2D eigenvalue weighted by Gasteiger charge is -2.22. The van der Waals surface area contributed by atoms with E-state index < -0.39 is 11.7 Å². The molecule has 1 aromatic carbocycles. The third-order valence-corrected chi connectivity index (χ3v) is 2.71. The number of alkyl carbamates (subject to hydrolysis) is 1.